The van der Waals surface area contributed by atoms with Crippen molar-refractivity contribution >= 4 is 35.0 Å². The monoisotopic (exact) mass is 278 g/mol. The summed E-state index contributed by atoms with van der Waals surface area (Å²) in [5, 5.41) is 18.4. The van der Waals surface area contributed by atoms with Crippen molar-refractivity contribution in [3.05, 3.63) is 30.1 Å². The Hall–Kier alpha value is -2.22. The second-order valence-electron chi connectivity index (χ2n) is 3.62. The number of aromatic nitrogens is 1. The van der Waals surface area contributed by atoms with E-state index in [0.717, 1.165) is 17.3 Å². The van der Waals surface area contributed by atoms with Crippen LogP contribution in [0.4, 0.5) is 0 Å². The summed E-state index contributed by atoms with van der Waals surface area (Å²) in [5.74, 6) is -1.38. The lowest BCUT2D eigenvalue weighted by Crippen LogP contribution is -2.26. The van der Waals surface area contributed by atoms with Crippen molar-refractivity contribution in [1.29, 1.82) is 0 Å². The maximum atomic E-state index is 11.4. The zero-order chi connectivity index (χ0) is 13.7. The van der Waals surface area contributed by atoms with Gasteiger partial charge < -0.3 is 10.4 Å². The maximum absolute atomic E-state index is 11.4. The largest absolute Gasteiger partial charge is 0.481 e. The van der Waals surface area contributed by atoms with Gasteiger partial charge in [0.1, 0.15) is 5.25 Å². The van der Waals surface area contributed by atoms with E-state index in [1.807, 2.05) is 0 Å². The molecule has 1 amide bonds. The van der Waals surface area contributed by atoms with Gasteiger partial charge in [-0.15, -0.1) is 5.10 Å². The topological polar surface area (TPSA) is 104 Å². The first-order chi connectivity index (χ1) is 9.15. The average molecular weight is 278 g/mol. The Labute approximate surface area is 112 Å². The molecular formula is C11H10N4O3S. The fourth-order valence-electron chi connectivity index (χ4n) is 1.34. The third kappa shape index (κ3) is 3.88. The first-order valence-electron chi connectivity index (χ1n) is 5.35. The second-order valence-corrected chi connectivity index (χ2v) is 4.82. The predicted molar refractivity (Wildman–Crippen MR) is 71.0 cm³/mol. The minimum absolute atomic E-state index is 0.233. The summed E-state index contributed by atoms with van der Waals surface area (Å²) in [6, 6.07) is 3.52. The van der Waals surface area contributed by atoms with Crippen LogP contribution >= 0.6 is 11.8 Å². The van der Waals surface area contributed by atoms with Crippen molar-refractivity contribution in [2.75, 3.05) is 0 Å². The van der Waals surface area contributed by atoms with Gasteiger partial charge in [0.15, 0.2) is 5.17 Å². The molecule has 1 unspecified atom stereocenters. The van der Waals surface area contributed by atoms with Gasteiger partial charge in [-0.1, -0.05) is 11.8 Å². The number of nitrogens with one attached hydrogen (secondary N) is 1. The number of carbonyl (C=O) groups is 2. The van der Waals surface area contributed by atoms with Crippen LogP contribution in [0.2, 0.25) is 0 Å². The van der Waals surface area contributed by atoms with Crippen LogP contribution in [-0.2, 0) is 9.59 Å². The highest BCUT2D eigenvalue weighted by molar-refractivity contribution is 8.15. The van der Waals surface area contributed by atoms with Crippen molar-refractivity contribution < 1.29 is 14.7 Å². The van der Waals surface area contributed by atoms with Crippen molar-refractivity contribution in [1.82, 2.24) is 10.3 Å². The quantitative estimate of drug-likeness (QED) is 0.615. The van der Waals surface area contributed by atoms with E-state index in [1.165, 1.54) is 6.21 Å². The third-order valence-electron chi connectivity index (χ3n) is 2.20. The summed E-state index contributed by atoms with van der Waals surface area (Å²) in [6.07, 6.45) is 4.54. The van der Waals surface area contributed by atoms with E-state index in [4.69, 9.17) is 5.11 Å². The molecule has 8 heteroatoms. The number of aliphatic carboxylic acids is 1. The molecule has 1 atom stereocenters. The van der Waals surface area contributed by atoms with Gasteiger partial charge in [0.2, 0.25) is 5.91 Å². The van der Waals surface area contributed by atoms with Crippen molar-refractivity contribution in [2.24, 2.45) is 10.2 Å². The fourth-order valence-corrected chi connectivity index (χ4v) is 2.26. The van der Waals surface area contributed by atoms with Gasteiger partial charge in [0, 0.05) is 12.4 Å². The van der Waals surface area contributed by atoms with E-state index in [1.54, 1.807) is 24.5 Å². The Morgan fingerprint density at radius 3 is 2.95 bits per heavy atom. The number of pyridine rings is 1. The number of hydrogen-bond acceptors (Lipinski definition) is 6. The van der Waals surface area contributed by atoms with E-state index in [0.29, 0.717) is 5.17 Å². The number of carboxylic acid groups (broad SMARTS) is 1. The molecule has 0 aromatic carbocycles. The number of amides is 1. The maximum Gasteiger partial charge on any atom is 0.305 e. The molecule has 0 saturated carbocycles. The van der Waals surface area contributed by atoms with Crippen LogP contribution in [0.1, 0.15) is 12.0 Å². The Kier molecular flexibility index (Phi) is 4.24. The average Bonchev–Trinajstić information content (AvgIpc) is 2.70. The summed E-state index contributed by atoms with van der Waals surface area (Å²) in [4.78, 5) is 25.8. The van der Waals surface area contributed by atoms with E-state index in [9.17, 15) is 9.59 Å². The molecule has 19 heavy (non-hydrogen) atoms. The molecule has 7 nitrogen and oxygen atoms in total. The summed E-state index contributed by atoms with van der Waals surface area (Å²) in [6.45, 7) is 0. The number of hydrogen-bond donors (Lipinski definition) is 2. The Balaban J connectivity index is 1.96. The summed E-state index contributed by atoms with van der Waals surface area (Å²) in [5.41, 5.74) is 0.829. The van der Waals surface area contributed by atoms with Gasteiger partial charge in [-0.05, 0) is 17.7 Å². The van der Waals surface area contributed by atoms with Crippen LogP contribution in [-0.4, -0.2) is 38.6 Å². The number of thioether (sulfide) groups is 1. The Morgan fingerprint density at radius 2 is 2.26 bits per heavy atom. The van der Waals surface area contributed by atoms with E-state index >= 15 is 0 Å². The van der Waals surface area contributed by atoms with Crippen LogP contribution < -0.4 is 5.32 Å². The Morgan fingerprint density at radius 1 is 1.53 bits per heavy atom. The summed E-state index contributed by atoms with van der Waals surface area (Å²) < 4.78 is 0. The first kappa shape index (κ1) is 13.2. The SMILES string of the molecule is O=C(O)CC1S/C(=N/N=Cc2ccncc2)NC1=O. The van der Waals surface area contributed by atoms with Gasteiger partial charge in [-0.25, -0.2) is 0 Å². The third-order valence-corrected chi connectivity index (χ3v) is 3.27. The lowest BCUT2D eigenvalue weighted by molar-refractivity contribution is -0.138. The molecule has 1 aromatic heterocycles. The first-order valence-corrected chi connectivity index (χ1v) is 6.23. The second kappa shape index (κ2) is 6.10. The normalized spacial score (nSPS) is 20.9. The molecule has 2 N–H and O–H groups in total. The van der Waals surface area contributed by atoms with Crippen LogP contribution in [0.15, 0.2) is 34.7 Å². The highest BCUT2D eigenvalue weighted by Crippen LogP contribution is 2.22. The van der Waals surface area contributed by atoms with Gasteiger partial charge in [0.25, 0.3) is 0 Å². The minimum atomic E-state index is -1.02. The van der Waals surface area contributed by atoms with Crippen molar-refractivity contribution in [2.45, 2.75) is 11.7 Å². The summed E-state index contributed by atoms with van der Waals surface area (Å²) in [7, 11) is 0. The molecule has 0 spiro atoms. The number of amidine groups is 1. The Bertz CT molecular complexity index is 544. The highest BCUT2D eigenvalue weighted by atomic mass is 32.2. The zero-order valence-electron chi connectivity index (χ0n) is 9.68. The van der Waals surface area contributed by atoms with E-state index in [-0.39, 0.29) is 12.3 Å². The number of carboxylic acids is 1. The van der Waals surface area contributed by atoms with Crippen LogP contribution in [0.5, 0.6) is 0 Å². The summed E-state index contributed by atoms with van der Waals surface area (Å²) >= 11 is 1.06. The van der Waals surface area contributed by atoms with Gasteiger partial charge >= 0.3 is 5.97 Å². The molecule has 1 saturated heterocycles. The van der Waals surface area contributed by atoms with Crippen LogP contribution in [0.3, 0.4) is 0 Å². The lowest BCUT2D eigenvalue weighted by Gasteiger charge is -1.97. The van der Waals surface area contributed by atoms with Gasteiger partial charge in [0.05, 0.1) is 12.6 Å². The zero-order valence-corrected chi connectivity index (χ0v) is 10.5. The van der Waals surface area contributed by atoms with Crippen LogP contribution in [0, 0.1) is 0 Å². The molecule has 2 heterocycles. The van der Waals surface area contributed by atoms with Crippen LogP contribution in [0.25, 0.3) is 0 Å². The van der Waals surface area contributed by atoms with Gasteiger partial charge in [-0.3, -0.25) is 14.6 Å². The molecule has 1 aromatic rings. The van der Waals surface area contributed by atoms with E-state index < -0.39 is 11.2 Å². The number of nitrogens with zero attached hydrogens (tertiary/aromatic N) is 3. The molecule has 1 fully saturated rings. The molecule has 2 rings (SSSR count). The molecule has 1 aliphatic rings. The van der Waals surface area contributed by atoms with E-state index in [2.05, 4.69) is 20.5 Å². The molecule has 0 aliphatic carbocycles. The number of carbonyl (C=O) groups excluding carboxylic acids is 1. The molecule has 1 aliphatic heterocycles. The molecule has 0 radical (unpaired) electrons. The van der Waals surface area contributed by atoms with Crippen molar-refractivity contribution in [3.8, 4) is 0 Å². The minimum Gasteiger partial charge on any atom is -0.481 e. The lowest BCUT2D eigenvalue weighted by atomic mass is 10.3. The molecule has 98 valence electrons. The molecule has 0 bridgehead atoms. The standard InChI is InChI=1S/C11H10N4O3S/c16-9(17)5-8-10(18)14-11(19-8)15-13-6-7-1-3-12-4-2-7/h1-4,6,8H,5H2,(H,16,17)(H,14,15,18). The molecular weight excluding hydrogens is 268 g/mol. The number of rotatable bonds is 4. The van der Waals surface area contributed by atoms with Gasteiger partial charge in [-0.2, -0.15) is 5.10 Å². The van der Waals surface area contributed by atoms with Crippen molar-refractivity contribution in [3.63, 3.8) is 0 Å². The highest BCUT2D eigenvalue weighted by Gasteiger charge is 2.32. The fraction of sp³-hybridized carbons (Fsp3) is 0.182. The predicted octanol–water partition coefficient (Wildman–Crippen LogP) is 0.478. The smallest absolute Gasteiger partial charge is 0.305 e.